The standard InChI is InChI=1S/C13H17N3/c1-15-13(5-6-13)9-16-7-4-10-8-11(14)2-3-12(10)16/h2-4,7-8,15H,5-6,9,14H2,1H3. The lowest BCUT2D eigenvalue weighted by atomic mass is 10.2. The maximum atomic E-state index is 5.78. The molecular formula is C13H17N3. The largest absolute Gasteiger partial charge is 0.399 e. The first-order valence-corrected chi connectivity index (χ1v) is 5.76. The lowest BCUT2D eigenvalue weighted by Crippen LogP contribution is -2.31. The number of fused-ring (bicyclic) bond motifs is 1. The summed E-state index contributed by atoms with van der Waals surface area (Å²) in [5.41, 5.74) is 8.23. The Morgan fingerprint density at radius 3 is 2.88 bits per heavy atom. The normalized spacial score (nSPS) is 17.8. The fourth-order valence-corrected chi connectivity index (χ4v) is 2.32. The van der Waals surface area contributed by atoms with Gasteiger partial charge in [-0.25, -0.2) is 0 Å². The highest BCUT2D eigenvalue weighted by Crippen LogP contribution is 2.37. The average molecular weight is 215 g/mol. The molecule has 1 saturated carbocycles. The van der Waals surface area contributed by atoms with Gasteiger partial charge in [0, 0.05) is 34.9 Å². The molecule has 0 amide bonds. The molecule has 84 valence electrons. The van der Waals surface area contributed by atoms with E-state index in [0.29, 0.717) is 5.54 Å². The van der Waals surface area contributed by atoms with Crippen LogP contribution in [0.25, 0.3) is 10.9 Å². The lowest BCUT2D eigenvalue weighted by Gasteiger charge is -2.15. The van der Waals surface area contributed by atoms with Crippen molar-refractivity contribution in [2.24, 2.45) is 0 Å². The second-order valence-electron chi connectivity index (χ2n) is 4.79. The third-order valence-electron chi connectivity index (χ3n) is 3.65. The molecule has 3 rings (SSSR count). The maximum absolute atomic E-state index is 5.78. The molecule has 2 aromatic rings. The smallest absolute Gasteiger partial charge is 0.0482 e. The molecule has 1 aliphatic rings. The molecule has 1 aromatic carbocycles. The fraction of sp³-hybridized carbons (Fsp3) is 0.385. The number of likely N-dealkylation sites (N-methyl/N-ethyl adjacent to an activating group) is 1. The zero-order valence-corrected chi connectivity index (χ0v) is 9.53. The van der Waals surface area contributed by atoms with Gasteiger partial charge in [-0.15, -0.1) is 0 Å². The number of benzene rings is 1. The summed E-state index contributed by atoms with van der Waals surface area (Å²) in [4.78, 5) is 0. The Morgan fingerprint density at radius 1 is 1.38 bits per heavy atom. The number of rotatable bonds is 3. The third kappa shape index (κ3) is 1.48. The Kier molecular flexibility index (Phi) is 1.98. The number of aromatic nitrogens is 1. The Hall–Kier alpha value is -1.48. The SMILES string of the molecule is CNC1(Cn2ccc3cc(N)ccc32)CC1. The van der Waals surface area contributed by atoms with Crippen LogP contribution in [0.2, 0.25) is 0 Å². The van der Waals surface area contributed by atoms with Crippen LogP contribution < -0.4 is 11.1 Å². The summed E-state index contributed by atoms with van der Waals surface area (Å²) in [7, 11) is 2.05. The number of hydrogen-bond donors (Lipinski definition) is 2. The minimum Gasteiger partial charge on any atom is -0.399 e. The van der Waals surface area contributed by atoms with E-state index in [4.69, 9.17) is 5.73 Å². The average Bonchev–Trinajstić information content (AvgIpc) is 2.95. The summed E-state index contributed by atoms with van der Waals surface area (Å²) in [5.74, 6) is 0. The molecule has 3 heteroatoms. The van der Waals surface area contributed by atoms with E-state index in [0.717, 1.165) is 12.2 Å². The quantitative estimate of drug-likeness (QED) is 0.769. The van der Waals surface area contributed by atoms with Crippen molar-refractivity contribution in [1.82, 2.24) is 9.88 Å². The molecule has 0 saturated heterocycles. The number of nitrogens with two attached hydrogens (primary N) is 1. The second kappa shape index (κ2) is 3.25. The Balaban J connectivity index is 1.98. The van der Waals surface area contributed by atoms with Crippen LogP contribution >= 0.6 is 0 Å². The summed E-state index contributed by atoms with van der Waals surface area (Å²) in [6.07, 6.45) is 4.71. The summed E-state index contributed by atoms with van der Waals surface area (Å²) in [5, 5.41) is 4.65. The van der Waals surface area contributed by atoms with Gasteiger partial charge in [0.05, 0.1) is 0 Å². The number of anilines is 1. The molecule has 1 aromatic heterocycles. The first-order valence-electron chi connectivity index (χ1n) is 5.76. The molecule has 3 nitrogen and oxygen atoms in total. The minimum absolute atomic E-state index is 0.341. The second-order valence-corrected chi connectivity index (χ2v) is 4.79. The fourth-order valence-electron chi connectivity index (χ4n) is 2.32. The van der Waals surface area contributed by atoms with Crippen LogP contribution in [0.15, 0.2) is 30.5 Å². The summed E-state index contributed by atoms with van der Waals surface area (Å²) < 4.78 is 2.32. The monoisotopic (exact) mass is 215 g/mol. The molecule has 0 unspecified atom stereocenters. The number of nitrogen functional groups attached to an aromatic ring is 1. The predicted molar refractivity (Wildman–Crippen MR) is 67.4 cm³/mol. The van der Waals surface area contributed by atoms with Crippen LogP contribution in [0, 0.1) is 0 Å². The van der Waals surface area contributed by atoms with Crippen molar-refractivity contribution >= 4 is 16.6 Å². The van der Waals surface area contributed by atoms with Crippen molar-refractivity contribution in [3.63, 3.8) is 0 Å². The van der Waals surface area contributed by atoms with Crippen molar-refractivity contribution in [3.8, 4) is 0 Å². The van der Waals surface area contributed by atoms with Crippen LogP contribution in [0.1, 0.15) is 12.8 Å². The van der Waals surface area contributed by atoms with Gasteiger partial charge in [-0.05, 0) is 44.2 Å². The van der Waals surface area contributed by atoms with E-state index < -0.39 is 0 Å². The number of hydrogen-bond acceptors (Lipinski definition) is 2. The minimum atomic E-state index is 0.341. The highest BCUT2D eigenvalue weighted by atomic mass is 15.1. The zero-order chi connectivity index (χ0) is 11.2. The lowest BCUT2D eigenvalue weighted by molar-refractivity contribution is 0.474. The molecule has 0 atom stereocenters. The Labute approximate surface area is 95.2 Å². The number of nitrogens with one attached hydrogen (secondary N) is 1. The van der Waals surface area contributed by atoms with E-state index >= 15 is 0 Å². The van der Waals surface area contributed by atoms with Gasteiger partial charge < -0.3 is 15.6 Å². The summed E-state index contributed by atoms with van der Waals surface area (Å²) >= 11 is 0. The molecule has 1 heterocycles. The van der Waals surface area contributed by atoms with Crippen molar-refractivity contribution in [1.29, 1.82) is 0 Å². The van der Waals surface area contributed by atoms with Crippen molar-refractivity contribution in [2.45, 2.75) is 24.9 Å². The highest BCUT2D eigenvalue weighted by molar-refractivity contribution is 5.83. The predicted octanol–water partition coefficient (Wildman–Crippen LogP) is 1.98. The first kappa shape index (κ1) is 9.73. The van der Waals surface area contributed by atoms with E-state index in [1.165, 1.54) is 23.7 Å². The van der Waals surface area contributed by atoms with Crippen LogP contribution in [0.5, 0.6) is 0 Å². The van der Waals surface area contributed by atoms with E-state index in [-0.39, 0.29) is 0 Å². The van der Waals surface area contributed by atoms with Crippen LogP contribution in [-0.2, 0) is 6.54 Å². The third-order valence-corrected chi connectivity index (χ3v) is 3.65. The maximum Gasteiger partial charge on any atom is 0.0482 e. The molecule has 3 N–H and O–H groups in total. The Bertz CT molecular complexity index is 523. The molecule has 0 aliphatic heterocycles. The van der Waals surface area contributed by atoms with Gasteiger partial charge in [0.25, 0.3) is 0 Å². The first-order chi connectivity index (χ1) is 7.72. The molecule has 1 fully saturated rings. The van der Waals surface area contributed by atoms with Crippen LogP contribution in [0.4, 0.5) is 5.69 Å². The van der Waals surface area contributed by atoms with Crippen molar-refractivity contribution < 1.29 is 0 Å². The van der Waals surface area contributed by atoms with E-state index in [2.05, 4.69) is 35.3 Å². The Morgan fingerprint density at radius 2 is 2.19 bits per heavy atom. The zero-order valence-electron chi connectivity index (χ0n) is 9.53. The van der Waals surface area contributed by atoms with Gasteiger partial charge in [-0.1, -0.05) is 0 Å². The van der Waals surface area contributed by atoms with Gasteiger partial charge >= 0.3 is 0 Å². The molecule has 0 radical (unpaired) electrons. The molecule has 0 bridgehead atoms. The highest BCUT2D eigenvalue weighted by Gasteiger charge is 2.41. The van der Waals surface area contributed by atoms with Gasteiger partial charge in [-0.3, -0.25) is 0 Å². The summed E-state index contributed by atoms with van der Waals surface area (Å²) in [6.45, 7) is 1.05. The topological polar surface area (TPSA) is 43.0 Å². The molecular weight excluding hydrogens is 198 g/mol. The van der Waals surface area contributed by atoms with Gasteiger partial charge in [0.2, 0.25) is 0 Å². The van der Waals surface area contributed by atoms with Crippen LogP contribution in [0.3, 0.4) is 0 Å². The molecule has 1 aliphatic carbocycles. The van der Waals surface area contributed by atoms with E-state index in [1.807, 2.05) is 12.1 Å². The van der Waals surface area contributed by atoms with E-state index in [1.54, 1.807) is 0 Å². The van der Waals surface area contributed by atoms with E-state index in [9.17, 15) is 0 Å². The molecule has 16 heavy (non-hydrogen) atoms. The van der Waals surface area contributed by atoms with Gasteiger partial charge in [0.15, 0.2) is 0 Å². The summed E-state index contributed by atoms with van der Waals surface area (Å²) in [6, 6.07) is 8.25. The molecule has 0 spiro atoms. The van der Waals surface area contributed by atoms with Gasteiger partial charge in [-0.2, -0.15) is 0 Å². The van der Waals surface area contributed by atoms with Crippen LogP contribution in [-0.4, -0.2) is 17.2 Å². The van der Waals surface area contributed by atoms with Crippen molar-refractivity contribution in [2.75, 3.05) is 12.8 Å². The van der Waals surface area contributed by atoms with Crippen molar-refractivity contribution in [3.05, 3.63) is 30.5 Å². The van der Waals surface area contributed by atoms with Gasteiger partial charge in [0.1, 0.15) is 0 Å². The number of nitrogens with zero attached hydrogens (tertiary/aromatic N) is 1.